The summed E-state index contributed by atoms with van der Waals surface area (Å²) in [5.41, 5.74) is 0.337. The highest BCUT2D eigenvalue weighted by Gasteiger charge is 2.59. The van der Waals surface area contributed by atoms with Crippen LogP contribution in [-0.2, 0) is 14.3 Å². The average molecular weight is 330 g/mol. The Morgan fingerprint density at radius 3 is 2.62 bits per heavy atom. The number of hydrogen-bond acceptors (Lipinski definition) is 3. The number of carbonyl (C=O) groups is 2. The van der Waals surface area contributed by atoms with Gasteiger partial charge in [-0.3, -0.25) is 9.59 Å². The zero-order chi connectivity index (χ0) is 17.1. The Bertz CT molecular complexity index is 594. The van der Waals surface area contributed by atoms with Crippen molar-refractivity contribution in [1.29, 1.82) is 0 Å². The molecule has 3 fully saturated rings. The van der Waals surface area contributed by atoms with Gasteiger partial charge in [-0.05, 0) is 73.7 Å². The van der Waals surface area contributed by atoms with Crippen molar-refractivity contribution in [3.05, 3.63) is 12.2 Å². The minimum Gasteiger partial charge on any atom is -0.462 e. The first-order chi connectivity index (χ1) is 11.3. The van der Waals surface area contributed by atoms with Gasteiger partial charge in [0.2, 0.25) is 0 Å². The van der Waals surface area contributed by atoms with Gasteiger partial charge in [-0.2, -0.15) is 0 Å². The van der Waals surface area contributed by atoms with E-state index in [1.807, 2.05) is 6.08 Å². The molecule has 7 atom stereocenters. The van der Waals surface area contributed by atoms with Crippen LogP contribution in [0.5, 0.6) is 0 Å². The van der Waals surface area contributed by atoms with Crippen LogP contribution < -0.4 is 0 Å². The van der Waals surface area contributed by atoms with E-state index in [0.29, 0.717) is 23.5 Å². The molecule has 132 valence electrons. The van der Waals surface area contributed by atoms with Gasteiger partial charge in [-0.1, -0.05) is 19.9 Å². The maximum absolute atomic E-state index is 11.9. The Balaban J connectivity index is 1.60. The summed E-state index contributed by atoms with van der Waals surface area (Å²) in [6, 6.07) is 0. The predicted octanol–water partition coefficient (Wildman–Crippen LogP) is 4.31. The quantitative estimate of drug-likeness (QED) is 0.673. The van der Waals surface area contributed by atoms with Gasteiger partial charge in [0.1, 0.15) is 6.10 Å². The molecule has 3 heteroatoms. The van der Waals surface area contributed by atoms with Crippen molar-refractivity contribution in [3.63, 3.8) is 0 Å². The first-order valence-electron chi connectivity index (χ1n) is 9.72. The summed E-state index contributed by atoms with van der Waals surface area (Å²) in [4.78, 5) is 23.4. The third kappa shape index (κ3) is 2.30. The van der Waals surface area contributed by atoms with E-state index in [0.717, 1.165) is 25.2 Å². The first kappa shape index (κ1) is 16.4. The van der Waals surface area contributed by atoms with E-state index in [1.54, 1.807) is 0 Å². The molecule has 0 amide bonds. The molecule has 0 aromatic heterocycles. The van der Waals surface area contributed by atoms with Crippen LogP contribution in [0.25, 0.3) is 0 Å². The molecule has 0 radical (unpaired) electrons. The number of fused-ring (bicyclic) bond motifs is 5. The molecule has 4 rings (SSSR count). The number of hydrogen-bond donors (Lipinski definition) is 0. The van der Waals surface area contributed by atoms with Gasteiger partial charge >= 0.3 is 5.97 Å². The van der Waals surface area contributed by atoms with E-state index >= 15 is 0 Å². The van der Waals surface area contributed by atoms with E-state index in [-0.39, 0.29) is 22.9 Å². The third-order valence-electron chi connectivity index (χ3n) is 8.10. The maximum atomic E-state index is 11.9. The lowest BCUT2D eigenvalue weighted by Gasteiger charge is -2.57. The number of ketones is 1. The van der Waals surface area contributed by atoms with Crippen LogP contribution in [0.3, 0.4) is 0 Å². The molecule has 0 bridgehead atoms. The van der Waals surface area contributed by atoms with Crippen molar-refractivity contribution < 1.29 is 14.3 Å². The van der Waals surface area contributed by atoms with Crippen LogP contribution in [0, 0.1) is 34.5 Å². The lowest BCUT2D eigenvalue weighted by Crippen LogP contribution is -2.52. The SMILES string of the molecule is CC(=O)O[C@H]1CC[C@@H]2[C@@H]3CC[C@]4(C)CC(=O)C=C[C@@H]4[C@@H]3CC[C@@]12C. The van der Waals surface area contributed by atoms with Crippen molar-refractivity contribution >= 4 is 11.8 Å². The second kappa shape index (κ2) is 5.44. The fourth-order valence-electron chi connectivity index (χ4n) is 6.95. The second-order valence-electron chi connectivity index (χ2n) is 9.37. The summed E-state index contributed by atoms with van der Waals surface area (Å²) in [5, 5.41) is 0. The Morgan fingerprint density at radius 1 is 1.12 bits per heavy atom. The third-order valence-corrected chi connectivity index (χ3v) is 8.10. The fraction of sp³-hybridized carbons (Fsp3) is 0.810. The minimum atomic E-state index is -0.131. The Kier molecular flexibility index (Phi) is 3.71. The smallest absolute Gasteiger partial charge is 0.302 e. The summed E-state index contributed by atoms with van der Waals surface area (Å²) in [5.74, 6) is 2.86. The molecule has 0 N–H and O–H groups in total. The predicted molar refractivity (Wildman–Crippen MR) is 92.2 cm³/mol. The molecule has 4 aliphatic rings. The summed E-state index contributed by atoms with van der Waals surface area (Å²) in [7, 11) is 0. The van der Waals surface area contributed by atoms with Crippen molar-refractivity contribution in [2.24, 2.45) is 34.5 Å². The molecule has 0 aromatic rings. The maximum Gasteiger partial charge on any atom is 0.302 e. The summed E-state index contributed by atoms with van der Waals surface area (Å²) < 4.78 is 5.71. The Hall–Kier alpha value is -1.12. The van der Waals surface area contributed by atoms with Crippen molar-refractivity contribution in [2.75, 3.05) is 0 Å². The molecule has 3 saturated carbocycles. The second-order valence-corrected chi connectivity index (χ2v) is 9.37. The van der Waals surface area contributed by atoms with E-state index in [2.05, 4.69) is 19.9 Å². The van der Waals surface area contributed by atoms with Crippen LogP contribution in [-0.4, -0.2) is 17.9 Å². The van der Waals surface area contributed by atoms with Crippen LogP contribution >= 0.6 is 0 Å². The number of esters is 1. The number of carbonyl (C=O) groups excluding carboxylic acids is 2. The lowest BCUT2D eigenvalue weighted by molar-refractivity contribution is -0.157. The lowest BCUT2D eigenvalue weighted by atomic mass is 9.48. The summed E-state index contributed by atoms with van der Waals surface area (Å²) in [6.45, 7) is 6.24. The van der Waals surface area contributed by atoms with Gasteiger partial charge in [0.05, 0.1) is 0 Å². The van der Waals surface area contributed by atoms with Gasteiger partial charge in [0.15, 0.2) is 5.78 Å². The van der Waals surface area contributed by atoms with Crippen molar-refractivity contribution in [1.82, 2.24) is 0 Å². The van der Waals surface area contributed by atoms with Crippen LogP contribution in [0.2, 0.25) is 0 Å². The highest BCUT2D eigenvalue weighted by molar-refractivity contribution is 5.91. The Labute approximate surface area is 145 Å². The van der Waals surface area contributed by atoms with Crippen LogP contribution in [0.1, 0.15) is 65.7 Å². The van der Waals surface area contributed by atoms with E-state index in [1.165, 1.54) is 32.6 Å². The standard InChI is InChI=1S/C21H30O3/c1-13(22)24-19-7-6-18-16-8-10-20(2)12-14(23)4-5-17(20)15(16)9-11-21(18,19)3/h4-5,15-19H,6-12H2,1-3H3/t15-,16-,17-,18-,19+,20-,21-/m1/s1. The zero-order valence-electron chi connectivity index (χ0n) is 15.2. The highest BCUT2D eigenvalue weighted by Crippen LogP contribution is 2.64. The van der Waals surface area contributed by atoms with Crippen LogP contribution in [0.15, 0.2) is 12.2 Å². The molecular weight excluding hydrogens is 300 g/mol. The van der Waals surface area contributed by atoms with Crippen molar-refractivity contribution in [2.45, 2.75) is 71.8 Å². The molecule has 0 spiro atoms. The molecular formula is C21H30O3. The van der Waals surface area contributed by atoms with E-state index in [9.17, 15) is 9.59 Å². The molecule has 0 aromatic carbocycles. The number of allylic oxidation sites excluding steroid dienone is 2. The monoisotopic (exact) mass is 330 g/mol. The topological polar surface area (TPSA) is 43.4 Å². The summed E-state index contributed by atoms with van der Waals surface area (Å²) in [6.07, 6.45) is 11.9. The molecule has 0 unspecified atom stereocenters. The zero-order valence-corrected chi connectivity index (χ0v) is 15.2. The largest absolute Gasteiger partial charge is 0.462 e. The van der Waals surface area contributed by atoms with Gasteiger partial charge in [0, 0.05) is 18.8 Å². The first-order valence-corrected chi connectivity index (χ1v) is 9.72. The normalized spacial score (nSPS) is 50.0. The molecule has 4 aliphatic carbocycles. The van der Waals surface area contributed by atoms with E-state index in [4.69, 9.17) is 4.74 Å². The fourth-order valence-corrected chi connectivity index (χ4v) is 6.95. The molecule has 0 saturated heterocycles. The highest BCUT2D eigenvalue weighted by atomic mass is 16.5. The number of rotatable bonds is 1. The Morgan fingerprint density at radius 2 is 1.88 bits per heavy atom. The van der Waals surface area contributed by atoms with Gasteiger partial charge in [-0.15, -0.1) is 0 Å². The summed E-state index contributed by atoms with van der Waals surface area (Å²) >= 11 is 0. The van der Waals surface area contributed by atoms with E-state index < -0.39 is 0 Å². The molecule has 24 heavy (non-hydrogen) atoms. The molecule has 0 heterocycles. The van der Waals surface area contributed by atoms with Gasteiger partial charge in [-0.25, -0.2) is 0 Å². The van der Waals surface area contributed by atoms with Gasteiger partial charge < -0.3 is 4.74 Å². The van der Waals surface area contributed by atoms with Crippen molar-refractivity contribution in [3.8, 4) is 0 Å². The minimum absolute atomic E-state index is 0.109. The number of ether oxygens (including phenoxy) is 1. The molecule has 0 aliphatic heterocycles. The van der Waals surface area contributed by atoms with Gasteiger partial charge in [0.25, 0.3) is 0 Å². The van der Waals surface area contributed by atoms with Crippen LogP contribution in [0.4, 0.5) is 0 Å². The molecule has 3 nitrogen and oxygen atoms in total. The average Bonchev–Trinajstić information content (AvgIpc) is 2.82.